The third-order valence-electron chi connectivity index (χ3n) is 3.60. The molecule has 0 radical (unpaired) electrons. The van der Waals surface area contributed by atoms with Crippen LogP contribution in [0.1, 0.15) is 48.3 Å². The molecule has 0 aromatic carbocycles. The Morgan fingerprint density at radius 2 is 2.19 bits per heavy atom. The third-order valence-corrected chi connectivity index (χ3v) is 3.60. The van der Waals surface area contributed by atoms with Crippen molar-refractivity contribution >= 4 is 11.6 Å². The van der Waals surface area contributed by atoms with Gasteiger partial charge in [-0.3, -0.25) is 9.89 Å². The van der Waals surface area contributed by atoms with Crippen molar-refractivity contribution < 1.29 is 23.1 Å². The minimum atomic E-state index is -5.00. The van der Waals surface area contributed by atoms with Gasteiger partial charge in [-0.05, 0) is 25.8 Å². The molecule has 1 unspecified atom stereocenters. The Morgan fingerprint density at radius 3 is 2.76 bits per heavy atom. The van der Waals surface area contributed by atoms with Gasteiger partial charge in [-0.1, -0.05) is 0 Å². The van der Waals surface area contributed by atoms with E-state index in [1.165, 1.54) is 13.0 Å². The van der Waals surface area contributed by atoms with Crippen LogP contribution in [0.5, 0.6) is 0 Å². The zero-order chi connectivity index (χ0) is 15.4. The van der Waals surface area contributed by atoms with Gasteiger partial charge in [0, 0.05) is 23.7 Å². The maximum absolute atomic E-state index is 13.0. The Labute approximate surface area is 117 Å². The van der Waals surface area contributed by atoms with E-state index in [1.807, 2.05) is 0 Å². The van der Waals surface area contributed by atoms with E-state index >= 15 is 0 Å². The van der Waals surface area contributed by atoms with E-state index in [0.717, 1.165) is 12.8 Å². The van der Waals surface area contributed by atoms with Gasteiger partial charge >= 0.3 is 6.18 Å². The van der Waals surface area contributed by atoms with Crippen LogP contribution in [0.15, 0.2) is 11.2 Å². The maximum atomic E-state index is 13.0. The van der Waals surface area contributed by atoms with E-state index in [2.05, 4.69) is 15.3 Å². The molecule has 1 atom stereocenters. The average molecular weight is 302 g/mol. The summed E-state index contributed by atoms with van der Waals surface area (Å²) in [5.74, 6) is -0.792. The summed E-state index contributed by atoms with van der Waals surface area (Å²) in [6.07, 6.45) is -3.84. The highest BCUT2D eigenvalue weighted by atomic mass is 19.4. The lowest BCUT2D eigenvalue weighted by Gasteiger charge is -2.32. The van der Waals surface area contributed by atoms with Gasteiger partial charge in [-0.15, -0.1) is 0 Å². The molecule has 0 bridgehead atoms. The highest BCUT2D eigenvalue weighted by Crippen LogP contribution is 2.42. The normalized spacial score (nSPS) is 26.1. The van der Waals surface area contributed by atoms with Crippen LogP contribution in [0.4, 0.5) is 13.2 Å². The van der Waals surface area contributed by atoms with Gasteiger partial charge in [0.2, 0.25) is 0 Å². The van der Waals surface area contributed by atoms with E-state index in [-0.39, 0.29) is 22.3 Å². The van der Waals surface area contributed by atoms with Gasteiger partial charge < -0.3 is 5.11 Å². The van der Waals surface area contributed by atoms with Gasteiger partial charge in [0.25, 0.3) is 11.6 Å². The molecule has 3 rings (SSSR count). The lowest BCUT2D eigenvalue weighted by Crippen LogP contribution is -2.56. The smallest absolute Gasteiger partial charge is 0.362 e. The highest BCUT2D eigenvalue weighted by Gasteiger charge is 2.63. The lowest BCUT2D eigenvalue weighted by atomic mass is 10.1. The minimum Gasteiger partial charge on any atom is -0.362 e. The highest BCUT2D eigenvalue weighted by molar-refractivity contribution is 5.96. The molecule has 2 heterocycles. The van der Waals surface area contributed by atoms with Crippen LogP contribution in [0, 0.1) is 0 Å². The number of aromatic nitrogens is 2. The van der Waals surface area contributed by atoms with Gasteiger partial charge in [-0.2, -0.15) is 28.4 Å². The quantitative estimate of drug-likeness (QED) is 0.873. The monoisotopic (exact) mass is 302 g/mol. The Balaban J connectivity index is 1.90. The molecule has 9 heteroatoms. The second-order valence-corrected chi connectivity index (χ2v) is 5.43. The Morgan fingerprint density at radius 1 is 1.52 bits per heavy atom. The Kier molecular flexibility index (Phi) is 2.88. The summed E-state index contributed by atoms with van der Waals surface area (Å²) in [5.41, 5.74) is -2.75. The second kappa shape index (κ2) is 4.30. The van der Waals surface area contributed by atoms with Gasteiger partial charge in [0.05, 0.1) is 0 Å². The van der Waals surface area contributed by atoms with Crippen LogP contribution < -0.4 is 0 Å². The number of amides is 1. The molecule has 21 heavy (non-hydrogen) atoms. The van der Waals surface area contributed by atoms with E-state index in [4.69, 9.17) is 0 Å². The number of nitrogens with one attached hydrogen (secondary N) is 1. The van der Waals surface area contributed by atoms with Crippen molar-refractivity contribution in [1.82, 2.24) is 15.2 Å². The number of hydrogen-bond donors (Lipinski definition) is 2. The molecule has 0 saturated heterocycles. The third kappa shape index (κ3) is 2.21. The summed E-state index contributed by atoms with van der Waals surface area (Å²) in [6.45, 7) is 1.32. The standard InChI is InChI=1S/C12H13F3N4O2/c1-6-5-11(21,12(13,14)15)19(18-6)10(20)9-4-8(16-17-9)7-2-3-7/h4,7,21H,2-3,5H2,1H3,(H,16,17). The first-order valence-corrected chi connectivity index (χ1v) is 6.45. The molecular weight excluding hydrogens is 289 g/mol. The Hall–Kier alpha value is -1.90. The van der Waals surface area contributed by atoms with Crippen molar-refractivity contribution in [2.24, 2.45) is 5.10 Å². The molecule has 2 aliphatic rings. The predicted molar refractivity (Wildman–Crippen MR) is 65.5 cm³/mol. The van der Waals surface area contributed by atoms with Crippen LogP contribution >= 0.6 is 0 Å². The number of aliphatic hydroxyl groups is 1. The number of hydrazone groups is 1. The molecule has 1 aromatic heterocycles. The summed E-state index contributed by atoms with van der Waals surface area (Å²) in [5, 5.41) is 19.8. The lowest BCUT2D eigenvalue weighted by molar-refractivity contribution is -0.297. The van der Waals surface area contributed by atoms with Crippen LogP contribution in [0.3, 0.4) is 0 Å². The van der Waals surface area contributed by atoms with Crippen LogP contribution in [0.25, 0.3) is 0 Å². The summed E-state index contributed by atoms with van der Waals surface area (Å²) in [6, 6.07) is 1.42. The first-order valence-electron chi connectivity index (χ1n) is 6.45. The summed E-state index contributed by atoms with van der Waals surface area (Å²) < 4.78 is 39.1. The van der Waals surface area contributed by atoms with E-state index in [9.17, 15) is 23.1 Å². The van der Waals surface area contributed by atoms with Crippen molar-refractivity contribution in [2.45, 2.75) is 44.0 Å². The number of aromatic amines is 1. The number of H-pyrrole nitrogens is 1. The number of halogens is 3. The van der Waals surface area contributed by atoms with Crippen molar-refractivity contribution in [3.8, 4) is 0 Å². The fourth-order valence-corrected chi connectivity index (χ4v) is 2.31. The van der Waals surface area contributed by atoms with E-state index in [0.29, 0.717) is 5.69 Å². The Bertz CT molecular complexity index is 620. The van der Waals surface area contributed by atoms with Crippen molar-refractivity contribution in [1.29, 1.82) is 0 Å². The van der Waals surface area contributed by atoms with Gasteiger partial charge in [-0.25, -0.2) is 0 Å². The van der Waals surface area contributed by atoms with Crippen molar-refractivity contribution in [2.75, 3.05) is 0 Å². The zero-order valence-corrected chi connectivity index (χ0v) is 11.1. The zero-order valence-electron chi connectivity index (χ0n) is 11.1. The van der Waals surface area contributed by atoms with Gasteiger partial charge in [0.1, 0.15) is 0 Å². The number of alkyl halides is 3. The molecule has 1 aromatic rings. The minimum absolute atomic E-state index is 0.0288. The topological polar surface area (TPSA) is 81.6 Å². The summed E-state index contributed by atoms with van der Waals surface area (Å²) in [7, 11) is 0. The fourth-order valence-electron chi connectivity index (χ4n) is 2.31. The van der Waals surface area contributed by atoms with Crippen molar-refractivity contribution in [3.05, 3.63) is 17.5 Å². The SMILES string of the molecule is CC1=NN(C(=O)c2cc(C3CC3)[nH]n2)C(O)(C(F)(F)F)C1. The number of rotatable bonds is 2. The number of hydrogen-bond acceptors (Lipinski definition) is 4. The molecule has 1 saturated carbocycles. The summed E-state index contributed by atoms with van der Waals surface area (Å²) >= 11 is 0. The number of nitrogens with zero attached hydrogens (tertiary/aromatic N) is 3. The molecule has 1 fully saturated rings. The van der Waals surface area contributed by atoms with E-state index in [1.54, 1.807) is 0 Å². The van der Waals surface area contributed by atoms with Crippen LogP contribution in [-0.4, -0.2) is 43.8 Å². The molecular formula is C12H13F3N4O2. The van der Waals surface area contributed by atoms with Crippen LogP contribution in [-0.2, 0) is 0 Å². The van der Waals surface area contributed by atoms with Crippen LogP contribution in [0.2, 0.25) is 0 Å². The van der Waals surface area contributed by atoms with Gasteiger partial charge in [0.15, 0.2) is 5.69 Å². The second-order valence-electron chi connectivity index (χ2n) is 5.43. The molecule has 2 N–H and O–H groups in total. The number of carbonyl (C=O) groups excluding carboxylic acids is 1. The van der Waals surface area contributed by atoms with E-state index < -0.39 is 24.2 Å². The first kappa shape index (κ1) is 14.1. The molecule has 1 amide bonds. The molecule has 1 aliphatic heterocycles. The molecule has 1 aliphatic carbocycles. The molecule has 0 spiro atoms. The predicted octanol–water partition coefficient (Wildman–Crippen LogP) is 1.76. The molecule has 6 nitrogen and oxygen atoms in total. The first-order chi connectivity index (χ1) is 9.72. The number of carbonyl (C=O) groups is 1. The fraction of sp³-hybridized carbons (Fsp3) is 0.583. The maximum Gasteiger partial charge on any atom is 0.438 e. The average Bonchev–Trinajstić information content (AvgIpc) is 3.01. The summed E-state index contributed by atoms with van der Waals surface area (Å²) in [4.78, 5) is 12.2. The molecule has 114 valence electrons. The largest absolute Gasteiger partial charge is 0.438 e. The van der Waals surface area contributed by atoms with Crippen molar-refractivity contribution in [3.63, 3.8) is 0 Å².